The van der Waals surface area contributed by atoms with Gasteiger partial charge in [0.05, 0.1) is 6.16 Å². The molecule has 0 bridgehead atoms. The number of halogens is 6. The van der Waals surface area contributed by atoms with Gasteiger partial charge in [-0.2, -0.15) is 26.3 Å². The number of carbonyl (C=O) groups excluding carboxylic acids is 2. The Labute approximate surface area is 288 Å². The highest BCUT2D eigenvalue weighted by Gasteiger charge is 2.44. The van der Waals surface area contributed by atoms with E-state index in [1.165, 1.54) is 15.9 Å². The van der Waals surface area contributed by atoms with E-state index in [0.717, 1.165) is 25.4 Å². The third-order valence-corrected chi connectivity index (χ3v) is 12.2. The number of carbonyl (C=O) groups is 3. The van der Waals surface area contributed by atoms with Gasteiger partial charge in [-0.3, -0.25) is 10.2 Å². The molecule has 0 saturated carbocycles. The Morgan fingerprint density at radius 1 is 0.760 bits per heavy atom. The second-order valence-corrected chi connectivity index (χ2v) is 15.4. The van der Waals surface area contributed by atoms with Crippen LogP contribution >= 0.6 is 7.26 Å². The molecule has 0 aliphatic heterocycles. The number of carboxylic acid groups (broad SMARTS) is 2. The van der Waals surface area contributed by atoms with Crippen LogP contribution in [0.25, 0.3) is 0 Å². The van der Waals surface area contributed by atoms with E-state index in [-0.39, 0.29) is 5.96 Å². The van der Waals surface area contributed by atoms with Gasteiger partial charge in [0.25, 0.3) is 0 Å². The van der Waals surface area contributed by atoms with Crippen molar-refractivity contribution in [1.82, 2.24) is 4.90 Å². The molecule has 0 fully saturated rings. The molecule has 0 saturated heterocycles. The number of unbranched alkanes of at least 4 members (excludes halogenated alkanes) is 2. The molecule has 0 unspecified atom stereocenters. The molecular formula is C35H42F6N3O5P. The van der Waals surface area contributed by atoms with E-state index in [0.29, 0.717) is 25.2 Å². The number of hydrogen-bond acceptors (Lipinski definition) is 5. The standard InChI is InChI=1S/C31H41N3OP.2C2HF3O2/c1-31(2,23-24-34(3)30(32)33)29(35)22-14-7-15-25-36(26-16-8-4-9-17-26,27-18-10-5-11-19-27)28-20-12-6-13-21-28;2*3-2(4,5)1(6)7/h4-6,8-13,16-21H,7,14-15,22-25H2,1-3H3,(H3,32,33);2*(H,6,7)/q+1;;/p-1. The van der Waals surface area contributed by atoms with Crippen LogP contribution in [-0.2, 0) is 14.4 Å². The van der Waals surface area contributed by atoms with Crippen LogP contribution in [0.5, 0.6) is 0 Å². The summed E-state index contributed by atoms with van der Waals surface area (Å²) < 4.78 is 63.3. The first-order valence-electron chi connectivity index (χ1n) is 15.4. The van der Waals surface area contributed by atoms with Crippen molar-refractivity contribution in [2.24, 2.45) is 11.1 Å². The highest BCUT2D eigenvalue weighted by molar-refractivity contribution is 7.95. The summed E-state index contributed by atoms with van der Waals surface area (Å²) in [7, 11) is -0.00716. The topological polar surface area (TPSA) is 148 Å². The molecule has 0 heterocycles. The highest BCUT2D eigenvalue weighted by atomic mass is 31.2. The summed E-state index contributed by atoms with van der Waals surface area (Å²) >= 11 is 0. The zero-order chi connectivity index (χ0) is 38.2. The molecular weight excluding hydrogens is 687 g/mol. The van der Waals surface area contributed by atoms with Crippen molar-refractivity contribution < 1.29 is 50.9 Å². The third kappa shape index (κ3) is 14.2. The van der Waals surface area contributed by atoms with Crippen molar-refractivity contribution in [3.63, 3.8) is 0 Å². The fourth-order valence-electron chi connectivity index (χ4n) is 4.74. The third-order valence-electron chi connectivity index (χ3n) is 7.70. The number of rotatable bonds is 13. The van der Waals surface area contributed by atoms with E-state index in [4.69, 9.17) is 30.9 Å². The van der Waals surface area contributed by atoms with Gasteiger partial charge in [-0.05, 0) is 62.1 Å². The largest absolute Gasteiger partial charge is 0.542 e. The number of alkyl halides is 6. The Hall–Kier alpha value is -4.45. The minimum atomic E-state index is -5.19. The van der Waals surface area contributed by atoms with Crippen LogP contribution in [0.3, 0.4) is 0 Å². The molecule has 50 heavy (non-hydrogen) atoms. The zero-order valence-corrected chi connectivity index (χ0v) is 28.8. The van der Waals surface area contributed by atoms with Gasteiger partial charge in [0.2, 0.25) is 0 Å². The number of ketones is 1. The maximum atomic E-state index is 13.0. The number of nitrogens with two attached hydrogens (primary N) is 1. The summed E-state index contributed by atoms with van der Waals surface area (Å²) in [4.78, 5) is 32.3. The quantitative estimate of drug-likeness (QED) is 0.0713. The molecule has 0 radical (unpaired) electrons. The molecule has 3 aromatic carbocycles. The molecule has 0 atom stereocenters. The number of Topliss-reactive ketones (excluding diaryl/α,β-unsaturated/α-hetero) is 1. The number of aliphatic carboxylic acids is 2. The summed E-state index contributed by atoms with van der Waals surface area (Å²) in [5.41, 5.74) is 5.14. The summed E-state index contributed by atoms with van der Waals surface area (Å²) in [6, 6.07) is 32.9. The first-order chi connectivity index (χ1) is 23.2. The molecule has 0 spiro atoms. The summed E-state index contributed by atoms with van der Waals surface area (Å²) in [5, 5.41) is 27.7. The smallest absolute Gasteiger partial charge is 0.490 e. The predicted molar refractivity (Wildman–Crippen MR) is 181 cm³/mol. The fraction of sp³-hybridized carbons (Fsp3) is 0.371. The van der Waals surface area contributed by atoms with Gasteiger partial charge in [0.1, 0.15) is 34.9 Å². The maximum absolute atomic E-state index is 13.0. The number of nitrogens with zero attached hydrogens (tertiary/aromatic N) is 1. The van der Waals surface area contributed by atoms with E-state index in [9.17, 15) is 31.1 Å². The van der Waals surface area contributed by atoms with E-state index in [1.54, 1.807) is 11.9 Å². The van der Waals surface area contributed by atoms with Crippen molar-refractivity contribution in [3.05, 3.63) is 91.0 Å². The van der Waals surface area contributed by atoms with Crippen LogP contribution in [0.2, 0.25) is 0 Å². The monoisotopic (exact) mass is 729 g/mol. The van der Waals surface area contributed by atoms with Crippen molar-refractivity contribution in [3.8, 4) is 0 Å². The van der Waals surface area contributed by atoms with Gasteiger partial charge < -0.3 is 25.6 Å². The second kappa shape index (κ2) is 19.7. The Morgan fingerprint density at radius 3 is 1.42 bits per heavy atom. The van der Waals surface area contributed by atoms with Gasteiger partial charge in [0.15, 0.2) is 5.96 Å². The van der Waals surface area contributed by atoms with Crippen molar-refractivity contribution in [1.29, 1.82) is 5.41 Å². The van der Waals surface area contributed by atoms with Gasteiger partial charge >= 0.3 is 18.3 Å². The first-order valence-corrected chi connectivity index (χ1v) is 17.4. The molecule has 3 rings (SSSR count). The van der Waals surface area contributed by atoms with Crippen LogP contribution in [0.4, 0.5) is 26.3 Å². The Balaban J connectivity index is 0.000000748. The number of benzene rings is 3. The van der Waals surface area contributed by atoms with Crippen LogP contribution in [0.1, 0.15) is 46.0 Å². The summed E-state index contributed by atoms with van der Waals surface area (Å²) in [6.07, 6.45) is -4.87. The van der Waals surface area contributed by atoms with Crippen LogP contribution < -0.4 is 26.8 Å². The zero-order valence-electron chi connectivity index (χ0n) is 27.9. The predicted octanol–water partition coefficient (Wildman–Crippen LogP) is 5.28. The fourth-order valence-corrected chi connectivity index (χ4v) is 9.15. The Kier molecular flexibility index (Phi) is 17.1. The van der Waals surface area contributed by atoms with Gasteiger partial charge in [-0.15, -0.1) is 0 Å². The van der Waals surface area contributed by atoms with E-state index in [2.05, 4.69) is 91.0 Å². The molecule has 0 aromatic heterocycles. The number of hydrogen-bond donors (Lipinski definition) is 3. The Bertz CT molecular complexity index is 1390. The number of carboxylic acids is 2. The van der Waals surface area contributed by atoms with Crippen LogP contribution in [0, 0.1) is 10.8 Å². The summed E-state index contributed by atoms with van der Waals surface area (Å²) in [5.74, 6) is -5.42. The molecule has 4 N–H and O–H groups in total. The van der Waals surface area contributed by atoms with Gasteiger partial charge in [-0.1, -0.05) is 68.4 Å². The lowest BCUT2D eigenvalue weighted by Gasteiger charge is -2.28. The van der Waals surface area contributed by atoms with Gasteiger partial charge in [0, 0.05) is 25.4 Å². The molecule has 0 aliphatic rings. The van der Waals surface area contributed by atoms with E-state index in [1.807, 2.05) is 13.8 Å². The molecule has 15 heteroatoms. The highest BCUT2D eigenvalue weighted by Crippen LogP contribution is 2.56. The molecule has 0 aliphatic carbocycles. The average Bonchev–Trinajstić information content (AvgIpc) is 3.06. The average molecular weight is 730 g/mol. The lowest BCUT2D eigenvalue weighted by atomic mass is 9.82. The van der Waals surface area contributed by atoms with Crippen molar-refractivity contribution >= 4 is 46.9 Å². The molecule has 0 amide bonds. The summed E-state index contributed by atoms with van der Waals surface area (Å²) in [6.45, 7) is 4.65. The van der Waals surface area contributed by atoms with E-state index >= 15 is 0 Å². The first kappa shape index (κ1) is 43.6. The lowest BCUT2D eigenvalue weighted by molar-refractivity contribution is -0.344. The molecule has 274 valence electrons. The minimum absolute atomic E-state index is 0.0420. The maximum Gasteiger partial charge on any atom is 0.490 e. The van der Waals surface area contributed by atoms with Gasteiger partial charge in [-0.25, -0.2) is 4.79 Å². The minimum Gasteiger partial charge on any atom is -0.542 e. The number of nitrogens with one attached hydrogen (secondary N) is 1. The van der Waals surface area contributed by atoms with Crippen LogP contribution in [-0.4, -0.2) is 65.8 Å². The normalized spacial score (nSPS) is 11.6. The lowest BCUT2D eigenvalue weighted by Crippen LogP contribution is -2.37. The van der Waals surface area contributed by atoms with E-state index < -0.39 is 37.0 Å². The molecule has 8 nitrogen and oxygen atoms in total. The Morgan fingerprint density at radius 2 is 1.12 bits per heavy atom. The second-order valence-electron chi connectivity index (χ2n) is 11.8. The van der Waals surface area contributed by atoms with Crippen molar-refractivity contribution in [2.75, 3.05) is 19.8 Å². The molecule has 3 aromatic rings. The van der Waals surface area contributed by atoms with Crippen LogP contribution in [0.15, 0.2) is 91.0 Å². The number of guanidine groups is 1. The van der Waals surface area contributed by atoms with Crippen molar-refractivity contribution in [2.45, 2.75) is 58.3 Å². The SMILES string of the molecule is CN(CCC(C)(C)C(=O)CCCCC[P+](c1ccccc1)(c1ccccc1)c1ccccc1)C(=N)N.O=C(O)C(F)(F)F.O=C([O-])C(F)(F)F.